The molecule has 1 aliphatic carbocycles. The molecule has 0 spiro atoms. The Morgan fingerprint density at radius 3 is 1.39 bits per heavy atom. The molecule has 0 heterocycles. The largest absolute Gasteiger partial charge is 0.224 e. The van der Waals surface area contributed by atoms with Gasteiger partial charge in [-0.05, 0) is 65.7 Å². The minimum absolute atomic E-state index is 0.363. The summed E-state index contributed by atoms with van der Waals surface area (Å²) in [5.41, 5.74) is 5.55. The first-order valence-electron chi connectivity index (χ1n) is 11.4. The van der Waals surface area contributed by atoms with Crippen molar-refractivity contribution >= 4 is 17.7 Å². The van der Waals surface area contributed by atoms with E-state index in [1.54, 1.807) is 11.9 Å². The van der Waals surface area contributed by atoms with Gasteiger partial charge >= 0.3 is 0 Å². The Bertz CT molecular complexity index is 881. The van der Waals surface area contributed by atoms with Crippen molar-refractivity contribution in [2.24, 2.45) is 15.7 Å². The second-order valence-electron chi connectivity index (χ2n) is 9.67. The molecule has 31 heavy (non-hydrogen) atoms. The van der Waals surface area contributed by atoms with Gasteiger partial charge in [-0.2, -0.15) is 0 Å². The second kappa shape index (κ2) is 9.44. The smallest absolute Gasteiger partial charge is 0.112 e. The summed E-state index contributed by atoms with van der Waals surface area (Å²) in [6, 6.07) is 32.5. The lowest BCUT2D eigenvalue weighted by Crippen LogP contribution is -2.27. The topological polar surface area (TPSA) is 12.4 Å². The van der Waals surface area contributed by atoms with Gasteiger partial charge in [0.15, 0.2) is 0 Å². The van der Waals surface area contributed by atoms with Gasteiger partial charge < -0.3 is 0 Å². The fourth-order valence-corrected chi connectivity index (χ4v) is 5.89. The first kappa shape index (κ1) is 21.9. The summed E-state index contributed by atoms with van der Waals surface area (Å²) in [6.07, 6.45) is 4.72. The Hall–Kier alpha value is -2.32. The van der Waals surface area contributed by atoms with Crippen LogP contribution in [0.2, 0.25) is 0 Å². The van der Waals surface area contributed by atoms with Gasteiger partial charge in [0, 0.05) is 5.71 Å². The first-order valence-corrected chi connectivity index (χ1v) is 12.2. The third kappa shape index (κ3) is 4.80. The molecule has 1 fully saturated rings. The number of hydrogen-bond acceptors (Lipinski definition) is 2. The van der Waals surface area contributed by atoms with Crippen LogP contribution >= 0.6 is 11.9 Å². The van der Waals surface area contributed by atoms with Crippen molar-refractivity contribution in [2.75, 3.05) is 0 Å². The molecular weight excluding hydrogens is 394 g/mol. The molecule has 3 aromatic rings. The Kier molecular flexibility index (Phi) is 6.67. The van der Waals surface area contributed by atoms with Gasteiger partial charge in [-0.3, -0.25) is 0 Å². The van der Waals surface area contributed by atoms with E-state index in [0.717, 1.165) is 18.8 Å². The van der Waals surface area contributed by atoms with Gasteiger partial charge in [-0.15, -0.1) is 0 Å². The number of hydrogen-bond donors (Lipinski definition) is 0. The predicted molar refractivity (Wildman–Crippen MR) is 136 cm³/mol. The lowest BCUT2D eigenvalue weighted by molar-refractivity contribution is 0.209. The third-order valence-corrected chi connectivity index (χ3v) is 7.97. The molecule has 0 radical (unpaired) electrons. The molecule has 0 amide bonds. The Labute approximate surface area is 192 Å². The van der Waals surface area contributed by atoms with Crippen LogP contribution in [0.25, 0.3) is 0 Å². The van der Waals surface area contributed by atoms with E-state index in [9.17, 15) is 0 Å². The van der Waals surface area contributed by atoms with Gasteiger partial charge in [0.2, 0.25) is 0 Å². The van der Waals surface area contributed by atoms with Gasteiger partial charge in [0.25, 0.3) is 0 Å². The minimum Gasteiger partial charge on any atom is -0.224 e. The van der Waals surface area contributed by atoms with Crippen LogP contribution in [0.5, 0.6) is 0 Å². The Morgan fingerprint density at radius 2 is 1.03 bits per heavy atom. The van der Waals surface area contributed by atoms with Crippen LogP contribution in [-0.4, -0.2) is 5.71 Å². The Morgan fingerprint density at radius 1 is 0.645 bits per heavy atom. The van der Waals surface area contributed by atoms with E-state index < -0.39 is 0 Å². The summed E-state index contributed by atoms with van der Waals surface area (Å²) in [7, 11) is 0. The highest BCUT2D eigenvalue weighted by atomic mass is 32.2. The van der Waals surface area contributed by atoms with E-state index >= 15 is 0 Å². The normalized spacial score (nSPS) is 17.4. The van der Waals surface area contributed by atoms with E-state index in [1.165, 1.54) is 35.2 Å². The number of benzene rings is 3. The maximum Gasteiger partial charge on any atom is 0.112 e. The highest BCUT2D eigenvalue weighted by molar-refractivity contribution is 7.99. The molecule has 0 atom stereocenters. The lowest BCUT2D eigenvalue weighted by atomic mass is 9.72. The minimum atomic E-state index is -0.363. The highest BCUT2D eigenvalue weighted by Crippen LogP contribution is 2.49. The zero-order valence-corrected chi connectivity index (χ0v) is 19.7. The van der Waals surface area contributed by atoms with Crippen molar-refractivity contribution in [1.82, 2.24) is 0 Å². The molecule has 4 rings (SSSR count). The van der Waals surface area contributed by atoms with Crippen molar-refractivity contribution in [1.29, 1.82) is 0 Å². The molecule has 0 bridgehead atoms. The number of rotatable bonds is 5. The summed E-state index contributed by atoms with van der Waals surface area (Å²) in [5.74, 6) is 0.790. The van der Waals surface area contributed by atoms with Crippen LogP contribution in [0.3, 0.4) is 0 Å². The van der Waals surface area contributed by atoms with Crippen LogP contribution in [0.4, 0.5) is 0 Å². The van der Waals surface area contributed by atoms with E-state index in [1.807, 2.05) is 0 Å². The van der Waals surface area contributed by atoms with Gasteiger partial charge in [0.1, 0.15) is 4.75 Å². The standard InChI is InChI=1S/C29H33NS/c1-28(2,3)23-19-21-27(22-20-23)30-31-29(24-13-7-4-8-14-24,25-15-9-5-10-16-25)26-17-11-6-12-18-26/h4-18,23H,19-22H2,1-3H3. The molecule has 1 nitrogen and oxygen atoms in total. The fourth-order valence-electron chi connectivity index (χ4n) is 4.72. The molecule has 1 aliphatic rings. The van der Waals surface area contributed by atoms with Gasteiger partial charge in [-0.1, -0.05) is 112 Å². The maximum absolute atomic E-state index is 5.23. The van der Waals surface area contributed by atoms with Crippen molar-refractivity contribution in [3.05, 3.63) is 108 Å². The van der Waals surface area contributed by atoms with Crippen molar-refractivity contribution < 1.29 is 0 Å². The van der Waals surface area contributed by atoms with Crippen LogP contribution in [-0.2, 0) is 4.75 Å². The SMILES string of the molecule is CC(C)(C)C1CCC(=NSC(c2ccccc2)(c2ccccc2)c2ccccc2)CC1. The average Bonchev–Trinajstić information content (AvgIpc) is 2.81. The van der Waals surface area contributed by atoms with Gasteiger partial charge in [-0.25, -0.2) is 4.40 Å². The lowest BCUT2D eigenvalue weighted by Gasteiger charge is -2.35. The van der Waals surface area contributed by atoms with E-state index in [4.69, 9.17) is 4.40 Å². The summed E-state index contributed by atoms with van der Waals surface area (Å²) in [4.78, 5) is 0. The molecule has 160 valence electrons. The Balaban J connectivity index is 1.75. The van der Waals surface area contributed by atoms with Crippen molar-refractivity contribution in [3.8, 4) is 0 Å². The highest BCUT2D eigenvalue weighted by Gasteiger charge is 2.38. The van der Waals surface area contributed by atoms with E-state index in [0.29, 0.717) is 5.41 Å². The molecule has 0 unspecified atom stereocenters. The van der Waals surface area contributed by atoms with Crippen molar-refractivity contribution in [2.45, 2.75) is 51.2 Å². The predicted octanol–water partition coefficient (Wildman–Crippen LogP) is 8.30. The maximum atomic E-state index is 5.23. The zero-order chi connectivity index (χ0) is 21.7. The molecule has 2 heteroatoms. The summed E-state index contributed by atoms with van der Waals surface area (Å²) < 4.78 is 4.87. The average molecular weight is 428 g/mol. The van der Waals surface area contributed by atoms with Crippen LogP contribution in [0.15, 0.2) is 95.4 Å². The first-order chi connectivity index (χ1) is 15.0. The monoisotopic (exact) mass is 427 g/mol. The van der Waals surface area contributed by atoms with Crippen LogP contribution < -0.4 is 0 Å². The molecule has 3 aromatic carbocycles. The molecule has 0 N–H and O–H groups in total. The summed E-state index contributed by atoms with van der Waals surface area (Å²) in [5, 5.41) is 0. The zero-order valence-electron chi connectivity index (χ0n) is 18.9. The molecular formula is C29H33NS. The quantitative estimate of drug-likeness (QED) is 0.294. The van der Waals surface area contributed by atoms with Crippen molar-refractivity contribution in [3.63, 3.8) is 0 Å². The van der Waals surface area contributed by atoms with Crippen LogP contribution in [0, 0.1) is 11.3 Å². The fraction of sp³-hybridized carbons (Fsp3) is 0.345. The third-order valence-electron chi connectivity index (χ3n) is 6.64. The molecule has 0 aromatic heterocycles. The molecule has 0 saturated heterocycles. The number of nitrogens with zero attached hydrogens (tertiary/aromatic N) is 1. The van der Waals surface area contributed by atoms with Gasteiger partial charge in [0.05, 0.1) is 0 Å². The molecule has 1 saturated carbocycles. The van der Waals surface area contributed by atoms with E-state index in [2.05, 4.69) is 112 Å². The van der Waals surface area contributed by atoms with Crippen LogP contribution in [0.1, 0.15) is 63.1 Å². The second-order valence-corrected chi connectivity index (χ2v) is 10.6. The summed E-state index contributed by atoms with van der Waals surface area (Å²) in [6.45, 7) is 7.12. The van der Waals surface area contributed by atoms with E-state index in [-0.39, 0.29) is 4.75 Å². The molecule has 0 aliphatic heterocycles. The summed E-state index contributed by atoms with van der Waals surface area (Å²) >= 11 is 1.73.